The predicted octanol–water partition coefficient (Wildman–Crippen LogP) is 2.05. The molecule has 4 heteroatoms. The largest absolute Gasteiger partial charge is 0.379 e. The number of thiazole rings is 1. The van der Waals surface area contributed by atoms with Crippen LogP contribution in [0.25, 0.3) is 0 Å². The highest BCUT2D eigenvalue weighted by Crippen LogP contribution is 2.18. The van der Waals surface area contributed by atoms with Crippen LogP contribution in [-0.2, 0) is 11.3 Å². The average Bonchev–Trinajstić information content (AvgIpc) is 2.17. The molecule has 1 aromatic heterocycles. The fourth-order valence-corrected chi connectivity index (χ4v) is 1.82. The highest BCUT2D eigenvalue weighted by molar-refractivity contribution is 9.11. The maximum atomic E-state index is 4.89. The summed E-state index contributed by atoms with van der Waals surface area (Å²) in [4.78, 5) is 5.13. The van der Waals surface area contributed by atoms with Gasteiger partial charge < -0.3 is 4.74 Å². The summed E-state index contributed by atoms with van der Waals surface area (Å²) in [5.41, 5.74) is 0. The molecule has 0 spiro atoms. The van der Waals surface area contributed by atoms with Crippen LogP contribution in [0.5, 0.6) is 0 Å². The molecule has 0 atom stereocenters. The summed E-state index contributed by atoms with van der Waals surface area (Å²) in [6.07, 6.45) is 1.80. The van der Waals surface area contributed by atoms with Crippen LogP contribution in [0.3, 0.4) is 0 Å². The normalized spacial score (nSPS) is 10.0. The van der Waals surface area contributed by atoms with Gasteiger partial charge in [0.1, 0.15) is 0 Å². The fourth-order valence-electron chi connectivity index (χ4n) is 0.493. The van der Waals surface area contributed by atoms with Gasteiger partial charge >= 0.3 is 0 Å². The molecule has 0 bridgehead atoms. The predicted molar refractivity (Wildman–Crippen MR) is 40.5 cm³/mol. The van der Waals surface area contributed by atoms with Gasteiger partial charge in [0.05, 0.1) is 11.5 Å². The molecule has 0 N–H and O–H groups in total. The zero-order valence-electron chi connectivity index (χ0n) is 4.93. The lowest BCUT2D eigenvalue weighted by molar-refractivity contribution is 0.187. The summed E-state index contributed by atoms with van der Waals surface area (Å²) in [6.45, 7) is 0.656. The van der Waals surface area contributed by atoms with E-state index in [0.717, 1.165) is 8.79 Å². The van der Waals surface area contributed by atoms with Gasteiger partial charge in [0.2, 0.25) is 0 Å². The monoisotopic (exact) mass is 207 g/mol. The number of halogens is 1. The Hall–Kier alpha value is 0.0700. The van der Waals surface area contributed by atoms with Crippen molar-refractivity contribution in [3.8, 4) is 0 Å². The Kier molecular flexibility index (Phi) is 2.63. The highest BCUT2D eigenvalue weighted by atomic mass is 79.9. The van der Waals surface area contributed by atoms with E-state index < -0.39 is 0 Å². The van der Waals surface area contributed by atoms with Crippen molar-refractivity contribution >= 4 is 27.3 Å². The highest BCUT2D eigenvalue weighted by Gasteiger charge is 1.95. The van der Waals surface area contributed by atoms with Crippen LogP contribution in [0.4, 0.5) is 0 Å². The standard InChI is InChI=1S/C5H6BrNOS/c1-8-3-4-2-7-5(6)9-4/h2H,3H2,1H3. The quantitative estimate of drug-likeness (QED) is 0.741. The van der Waals surface area contributed by atoms with E-state index in [1.165, 1.54) is 0 Å². The molecule has 1 aromatic rings. The Morgan fingerprint density at radius 2 is 2.67 bits per heavy atom. The molecule has 0 radical (unpaired) electrons. The summed E-state index contributed by atoms with van der Waals surface area (Å²) < 4.78 is 5.80. The van der Waals surface area contributed by atoms with Crippen molar-refractivity contribution in [2.24, 2.45) is 0 Å². The van der Waals surface area contributed by atoms with Gasteiger partial charge in [-0.1, -0.05) is 0 Å². The summed E-state index contributed by atoms with van der Waals surface area (Å²) >= 11 is 4.85. The zero-order chi connectivity index (χ0) is 6.69. The van der Waals surface area contributed by atoms with E-state index in [-0.39, 0.29) is 0 Å². The first kappa shape index (κ1) is 7.18. The second-order valence-electron chi connectivity index (χ2n) is 1.51. The molecule has 0 aliphatic carbocycles. The van der Waals surface area contributed by atoms with E-state index in [1.54, 1.807) is 24.6 Å². The van der Waals surface area contributed by atoms with Gasteiger partial charge in [0.15, 0.2) is 3.92 Å². The molecule has 1 heterocycles. The summed E-state index contributed by atoms with van der Waals surface area (Å²) in [7, 11) is 1.67. The molecular weight excluding hydrogens is 202 g/mol. The molecule has 0 aliphatic heterocycles. The molecule has 0 fully saturated rings. The lowest BCUT2D eigenvalue weighted by atomic mass is 10.6. The Bertz CT molecular complexity index is 189. The van der Waals surface area contributed by atoms with Crippen molar-refractivity contribution in [3.63, 3.8) is 0 Å². The SMILES string of the molecule is COCc1cnc(Br)s1. The lowest BCUT2D eigenvalue weighted by Crippen LogP contribution is -1.79. The smallest absolute Gasteiger partial charge is 0.159 e. The third-order valence-electron chi connectivity index (χ3n) is 0.812. The van der Waals surface area contributed by atoms with E-state index in [0.29, 0.717) is 6.61 Å². The molecule has 0 aromatic carbocycles. The molecular formula is C5H6BrNOS. The van der Waals surface area contributed by atoms with Gasteiger partial charge in [0, 0.05) is 13.3 Å². The Morgan fingerprint density at radius 3 is 3.11 bits per heavy atom. The van der Waals surface area contributed by atoms with Crippen molar-refractivity contribution < 1.29 is 4.74 Å². The second-order valence-corrected chi connectivity index (χ2v) is 3.90. The van der Waals surface area contributed by atoms with E-state index in [1.807, 2.05) is 0 Å². The van der Waals surface area contributed by atoms with Crippen molar-refractivity contribution in [1.82, 2.24) is 4.98 Å². The minimum Gasteiger partial charge on any atom is -0.379 e. The number of methoxy groups -OCH3 is 1. The maximum absolute atomic E-state index is 4.89. The van der Waals surface area contributed by atoms with E-state index >= 15 is 0 Å². The van der Waals surface area contributed by atoms with Crippen LogP contribution >= 0.6 is 27.3 Å². The fraction of sp³-hybridized carbons (Fsp3) is 0.400. The van der Waals surface area contributed by atoms with Gasteiger partial charge in [-0.05, 0) is 15.9 Å². The van der Waals surface area contributed by atoms with Crippen molar-refractivity contribution in [2.45, 2.75) is 6.61 Å². The van der Waals surface area contributed by atoms with Gasteiger partial charge in [-0.2, -0.15) is 0 Å². The molecule has 1 rings (SSSR count). The van der Waals surface area contributed by atoms with Gasteiger partial charge in [-0.3, -0.25) is 0 Å². The summed E-state index contributed by atoms with van der Waals surface area (Å²) in [5, 5.41) is 0. The van der Waals surface area contributed by atoms with Crippen LogP contribution in [0.1, 0.15) is 4.88 Å². The van der Waals surface area contributed by atoms with E-state index in [9.17, 15) is 0 Å². The molecule has 0 saturated carbocycles. The molecule has 9 heavy (non-hydrogen) atoms. The number of ether oxygens (including phenoxy) is 1. The first-order chi connectivity index (χ1) is 4.33. The first-order valence-corrected chi connectivity index (χ1v) is 4.03. The van der Waals surface area contributed by atoms with Crippen LogP contribution < -0.4 is 0 Å². The van der Waals surface area contributed by atoms with Crippen LogP contribution in [-0.4, -0.2) is 12.1 Å². The van der Waals surface area contributed by atoms with Crippen molar-refractivity contribution in [3.05, 3.63) is 15.0 Å². The second kappa shape index (κ2) is 3.29. The van der Waals surface area contributed by atoms with Crippen molar-refractivity contribution in [1.29, 1.82) is 0 Å². The maximum Gasteiger partial charge on any atom is 0.159 e. The number of rotatable bonds is 2. The molecule has 0 aliphatic rings. The molecule has 0 saturated heterocycles. The van der Waals surface area contributed by atoms with E-state index in [4.69, 9.17) is 4.74 Å². The van der Waals surface area contributed by atoms with Crippen molar-refractivity contribution in [2.75, 3.05) is 7.11 Å². The Balaban J connectivity index is 2.61. The molecule has 0 amide bonds. The number of nitrogens with zero attached hydrogens (tertiary/aromatic N) is 1. The summed E-state index contributed by atoms with van der Waals surface area (Å²) in [6, 6.07) is 0. The zero-order valence-corrected chi connectivity index (χ0v) is 7.33. The molecule has 50 valence electrons. The van der Waals surface area contributed by atoms with Crippen LogP contribution in [0.15, 0.2) is 10.1 Å². The van der Waals surface area contributed by atoms with Crippen LogP contribution in [0.2, 0.25) is 0 Å². The third-order valence-corrected chi connectivity index (χ3v) is 2.26. The minimum atomic E-state index is 0.656. The number of hydrogen-bond acceptors (Lipinski definition) is 3. The van der Waals surface area contributed by atoms with Crippen LogP contribution in [0, 0.1) is 0 Å². The number of hydrogen-bond donors (Lipinski definition) is 0. The van der Waals surface area contributed by atoms with Gasteiger partial charge in [0.25, 0.3) is 0 Å². The third kappa shape index (κ3) is 2.04. The van der Waals surface area contributed by atoms with Gasteiger partial charge in [-0.15, -0.1) is 11.3 Å². The molecule has 0 unspecified atom stereocenters. The van der Waals surface area contributed by atoms with Gasteiger partial charge in [-0.25, -0.2) is 4.98 Å². The summed E-state index contributed by atoms with van der Waals surface area (Å²) in [5.74, 6) is 0. The van der Waals surface area contributed by atoms with E-state index in [2.05, 4.69) is 20.9 Å². The average molecular weight is 208 g/mol. The number of aromatic nitrogens is 1. The first-order valence-electron chi connectivity index (χ1n) is 2.42. The lowest BCUT2D eigenvalue weighted by Gasteiger charge is -1.88. The Labute approximate surface area is 66.0 Å². The Morgan fingerprint density at radius 1 is 1.89 bits per heavy atom. The minimum absolute atomic E-state index is 0.656. The topological polar surface area (TPSA) is 22.1 Å². The molecule has 2 nitrogen and oxygen atoms in total.